The molecule has 0 amide bonds. The highest BCUT2D eigenvalue weighted by Gasteiger charge is 2.44. The number of allylic oxidation sites excluding steroid dienone is 3. The number of rotatable bonds is 5. The first-order chi connectivity index (χ1) is 17.2. The van der Waals surface area contributed by atoms with Crippen LogP contribution in [0.3, 0.4) is 0 Å². The van der Waals surface area contributed by atoms with Crippen LogP contribution in [-0.2, 0) is 20.9 Å². The molecule has 1 aliphatic carbocycles. The zero-order chi connectivity index (χ0) is 25.4. The van der Waals surface area contributed by atoms with Gasteiger partial charge in [0.15, 0.2) is 5.78 Å². The lowest BCUT2D eigenvalue weighted by Gasteiger charge is -2.38. The Balaban J connectivity index is 1.54. The number of halogens is 1. The SMILES string of the molecule is CC1=C(C(=O)OCc2ccccc2)[C@@H](c2ccc(-c3ccc(Cl)cc3)o2)C2=C(CC(C)(C)CC2=O)N1. The van der Waals surface area contributed by atoms with Crippen molar-refractivity contribution in [3.63, 3.8) is 0 Å². The molecule has 0 saturated carbocycles. The number of nitrogens with one attached hydrogen (secondary N) is 1. The first-order valence-electron chi connectivity index (χ1n) is 12.0. The quantitative estimate of drug-likeness (QED) is 0.383. The molecule has 1 N–H and O–H groups in total. The lowest BCUT2D eigenvalue weighted by atomic mass is 9.69. The summed E-state index contributed by atoms with van der Waals surface area (Å²) in [6.07, 6.45) is 1.11. The third-order valence-electron chi connectivity index (χ3n) is 6.71. The minimum absolute atomic E-state index is 0.0176. The summed E-state index contributed by atoms with van der Waals surface area (Å²) in [5.41, 5.74) is 4.09. The van der Waals surface area contributed by atoms with E-state index in [-0.39, 0.29) is 17.8 Å². The van der Waals surface area contributed by atoms with Gasteiger partial charge in [-0.05, 0) is 60.7 Å². The molecule has 6 heteroatoms. The maximum atomic E-state index is 13.5. The molecule has 0 spiro atoms. The molecule has 0 unspecified atom stereocenters. The van der Waals surface area contributed by atoms with Crippen molar-refractivity contribution in [1.29, 1.82) is 0 Å². The number of ketones is 1. The van der Waals surface area contributed by atoms with E-state index >= 15 is 0 Å². The number of carbonyl (C=O) groups is 2. The minimum atomic E-state index is -0.644. The van der Waals surface area contributed by atoms with E-state index in [9.17, 15) is 9.59 Å². The highest BCUT2D eigenvalue weighted by molar-refractivity contribution is 6.30. The van der Waals surface area contributed by atoms with Crippen LogP contribution in [0.4, 0.5) is 0 Å². The van der Waals surface area contributed by atoms with E-state index < -0.39 is 11.9 Å². The Bertz CT molecular complexity index is 1380. The molecule has 36 heavy (non-hydrogen) atoms. The van der Waals surface area contributed by atoms with Gasteiger partial charge in [-0.15, -0.1) is 0 Å². The predicted molar refractivity (Wildman–Crippen MR) is 139 cm³/mol. The largest absolute Gasteiger partial charge is 0.460 e. The Labute approximate surface area is 215 Å². The van der Waals surface area contributed by atoms with Gasteiger partial charge in [-0.25, -0.2) is 4.79 Å². The second-order valence-electron chi connectivity index (χ2n) is 10.2. The molecule has 184 valence electrons. The molecular weight excluding hydrogens is 474 g/mol. The van der Waals surface area contributed by atoms with Crippen molar-refractivity contribution in [2.45, 2.75) is 46.1 Å². The first kappa shape index (κ1) is 24.1. The van der Waals surface area contributed by atoms with Crippen LogP contribution < -0.4 is 5.32 Å². The molecule has 2 aromatic carbocycles. The average molecular weight is 502 g/mol. The van der Waals surface area contributed by atoms with Crippen molar-refractivity contribution in [3.05, 3.63) is 106 Å². The summed E-state index contributed by atoms with van der Waals surface area (Å²) in [7, 11) is 0. The average Bonchev–Trinajstić information content (AvgIpc) is 3.32. The summed E-state index contributed by atoms with van der Waals surface area (Å²) < 4.78 is 12.0. The Kier molecular flexibility index (Phi) is 6.35. The van der Waals surface area contributed by atoms with Crippen LogP contribution in [0.15, 0.2) is 93.7 Å². The van der Waals surface area contributed by atoms with Crippen LogP contribution in [0.5, 0.6) is 0 Å². The molecule has 1 aliphatic heterocycles. The maximum absolute atomic E-state index is 13.5. The van der Waals surface area contributed by atoms with Crippen LogP contribution >= 0.6 is 11.6 Å². The van der Waals surface area contributed by atoms with Gasteiger partial charge in [0.25, 0.3) is 0 Å². The van der Waals surface area contributed by atoms with Crippen molar-refractivity contribution in [2.75, 3.05) is 0 Å². The van der Waals surface area contributed by atoms with Crippen molar-refractivity contribution < 1.29 is 18.7 Å². The van der Waals surface area contributed by atoms with E-state index in [4.69, 9.17) is 20.8 Å². The number of ether oxygens (including phenoxy) is 1. The zero-order valence-electron chi connectivity index (χ0n) is 20.6. The van der Waals surface area contributed by atoms with Gasteiger partial charge in [-0.1, -0.05) is 55.8 Å². The number of benzene rings is 2. The molecule has 0 fully saturated rings. The second-order valence-corrected chi connectivity index (χ2v) is 10.6. The number of Topliss-reactive ketones (excluding diaryl/α,β-unsaturated/α-hetero) is 1. The molecule has 1 atom stereocenters. The highest BCUT2D eigenvalue weighted by Crippen LogP contribution is 2.47. The third-order valence-corrected chi connectivity index (χ3v) is 6.96. The van der Waals surface area contributed by atoms with Crippen molar-refractivity contribution in [3.8, 4) is 11.3 Å². The fourth-order valence-electron chi connectivity index (χ4n) is 5.07. The monoisotopic (exact) mass is 501 g/mol. The number of esters is 1. The minimum Gasteiger partial charge on any atom is -0.460 e. The number of carbonyl (C=O) groups excluding carboxylic acids is 2. The molecule has 5 rings (SSSR count). The van der Waals surface area contributed by atoms with Gasteiger partial charge in [-0.2, -0.15) is 0 Å². The molecular formula is C30H28ClNO4. The fraction of sp³-hybridized carbons (Fsp3) is 0.267. The lowest BCUT2D eigenvalue weighted by molar-refractivity contribution is -0.140. The smallest absolute Gasteiger partial charge is 0.337 e. The Morgan fingerprint density at radius 2 is 1.78 bits per heavy atom. The van der Waals surface area contributed by atoms with Gasteiger partial charge in [-0.3, -0.25) is 4.79 Å². The van der Waals surface area contributed by atoms with Crippen LogP contribution in [-0.4, -0.2) is 11.8 Å². The summed E-state index contributed by atoms with van der Waals surface area (Å²) in [6, 6.07) is 20.6. The highest BCUT2D eigenvalue weighted by atomic mass is 35.5. The van der Waals surface area contributed by atoms with E-state index in [0.717, 1.165) is 16.8 Å². The third kappa shape index (κ3) is 4.76. The molecule has 2 aliphatic rings. The topological polar surface area (TPSA) is 68.5 Å². The van der Waals surface area contributed by atoms with Gasteiger partial charge < -0.3 is 14.5 Å². The van der Waals surface area contributed by atoms with Crippen molar-refractivity contribution >= 4 is 23.4 Å². The Morgan fingerprint density at radius 3 is 2.50 bits per heavy atom. The van der Waals surface area contributed by atoms with E-state index in [1.54, 1.807) is 12.1 Å². The summed E-state index contributed by atoms with van der Waals surface area (Å²) in [5.74, 6) is 0.0781. The fourth-order valence-corrected chi connectivity index (χ4v) is 5.20. The van der Waals surface area contributed by atoms with E-state index in [1.807, 2.05) is 61.5 Å². The summed E-state index contributed by atoms with van der Waals surface area (Å²) in [5, 5.41) is 3.99. The molecule has 0 saturated heterocycles. The van der Waals surface area contributed by atoms with Gasteiger partial charge in [0, 0.05) is 34.0 Å². The Hall–Kier alpha value is -3.57. The Morgan fingerprint density at radius 1 is 1.06 bits per heavy atom. The van der Waals surface area contributed by atoms with E-state index in [1.165, 1.54) is 0 Å². The van der Waals surface area contributed by atoms with Gasteiger partial charge in [0.1, 0.15) is 18.1 Å². The van der Waals surface area contributed by atoms with Crippen molar-refractivity contribution in [1.82, 2.24) is 5.32 Å². The number of hydrogen-bond donors (Lipinski definition) is 1. The normalized spacial score (nSPS) is 19.1. The van der Waals surface area contributed by atoms with Crippen LogP contribution in [0.1, 0.15) is 50.9 Å². The van der Waals surface area contributed by atoms with Crippen LogP contribution in [0, 0.1) is 5.41 Å². The molecule has 0 radical (unpaired) electrons. The first-order valence-corrected chi connectivity index (χ1v) is 12.4. The predicted octanol–water partition coefficient (Wildman–Crippen LogP) is 6.95. The molecule has 1 aromatic heterocycles. The number of furan rings is 1. The summed E-state index contributed by atoms with van der Waals surface area (Å²) in [4.78, 5) is 26.9. The second kappa shape index (κ2) is 9.47. The van der Waals surface area contributed by atoms with Crippen molar-refractivity contribution in [2.24, 2.45) is 5.41 Å². The van der Waals surface area contributed by atoms with Crippen LogP contribution in [0.2, 0.25) is 5.02 Å². The summed E-state index contributed by atoms with van der Waals surface area (Å²) >= 11 is 6.05. The van der Waals surface area contributed by atoms with Gasteiger partial charge >= 0.3 is 5.97 Å². The maximum Gasteiger partial charge on any atom is 0.337 e. The lowest BCUT2D eigenvalue weighted by Crippen LogP contribution is -2.38. The number of hydrogen-bond acceptors (Lipinski definition) is 5. The van der Waals surface area contributed by atoms with Crippen LogP contribution in [0.25, 0.3) is 11.3 Å². The molecule has 3 aromatic rings. The molecule has 2 heterocycles. The van der Waals surface area contributed by atoms with Gasteiger partial charge in [0.2, 0.25) is 0 Å². The summed E-state index contributed by atoms with van der Waals surface area (Å²) in [6.45, 7) is 6.16. The van der Waals surface area contributed by atoms with Gasteiger partial charge in [0.05, 0.1) is 11.5 Å². The zero-order valence-corrected chi connectivity index (χ0v) is 21.3. The molecule has 5 nitrogen and oxygen atoms in total. The van der Waals surface area contributed by atoms with E-state index in [2.05, 4.69) is 19.2 Å². The molecule has 0 bridgehead atoms. The number of dihydropyridines is 1. The standard InChI is InChI=1S/C30H28ClNO4/c1-18-26(29(34)35-17-19-7-5-4-6-8-19)28(27-22(32-18)15-30(2,3)16-23(27)33)25-14-13-24(36-25)20-9-11-21(31)12-10-20/h4-14,28,32H,15-17H2,1-3H3/t28-/m1/s1. The van der Waals surface area contributed by atoms with E-state index in [0.29, 0.717) is 46.2 Å².